The van der Waals surface area contributed by atoms with Crippen LogP contribution in [-0.2, 0) is 11.3 Å². The lowest BCUT2D eigenvalue weighted by molar-refractivity contribution is 0.213. The van der Waals surface area contributed by atoms with Crippen LogP contribution >= 0.6 is 0 Å². The van der Waals surface area contributed by atoms with Gasteiger partial charge in [-0.2, -0.15) is 5.10 Å². The fourth-order valence-electron chi connectivity index (χ4n) is 2.95. The van der Waals surface area contributed by atoms with E-state index in [0.29, 0.717) is 22.7 Å². The SMILES string of the molecule is CO/N=C(\C)c1ccc2ncc(Cc3c(F)cc4ncccc4c3F)n2n1. The minimum Gasteiger partial charge on any atom is -0.399 e. The Morgan fingerprint density at radius 1 is 1.22 bits per heavy atom. The number of hydrogen-bond donors (Lipinski definition) is 0. The molecule has 0 aliphatic carbocycles. The molecule has 3 heterocycles. The number of hydrogen-bond acceptors (Lipinski definition) is 5. The molecule has 6 nitrogen and oxygen atoms in total. The third-order valence-corrected chi connectivity index (χ3v) is 4.28. The second-order valence-corrected chi connectivity index (χ2v) is 6.00. The highest BCUT2D eigenvalue weighted by molar-refractivity contribution is 5.96. The van der Waals surface area contributed by atoms with Crippen molar-refractivity contribution in [2.45, 2.75) is 13.3 Å². The van der Waals surface area contributed by atoms with Gasteiger partial charge in [0, 0.05) is 29.6 Å². The van der Waals surface area contributed by atoms with Crippen molar-refractivity contribution in [2.75, 3.05) is 7.11 Å². The fraction of sp³-hybridized carbons (Fsp3) is 0.158. The number of imidazole rings is 1. The molecule has 1 aromatic carbocycles. The topological polar surface area (TPSA) is 64.7 Å². The van der Waals surface area contributed by atoms with Gasteiger partial charge in [0.05, 0.1) is 17.4 Å². The monoisotopic (exact) mass is 367 g/mol. The van der Waals surface area contributed by atoms with Gasteiger partial charge in [-0.05, 0) is 31.2 Å². The summed E-state index contributed by atoms with van der Waals surface area (Å²) in [5.41, 5.74) is 2.51. The number of oxime groups is 1. The quantitative estimate of drug-likeness (QED) is 0.409. The fourth-order valence-corrected chi connectivity index (χ4v) is 2.95. The first-order valence-corrected chi connectivity index (χ1v) is 8.22. The number of aromatic nitrogens is 4. The zero-order valence-corrected chi connectivity index (χ0v) is 14.6. The predicted molar refractivity (Wildman–Crippen MR) is 96.7 cm³/mol. The molecule has 136 valence electrons. The van der Waals surface area contributed by atoms with E-state index in [2.05, 4.69) is 20.2 Å². The number of pyridine rings is 1. The lowest BCUT2D eigenvalue weighted by Gasteiger charge is -2.08. The maximum Gasteiger partial charge on any atom is 0.153 e. The van der Waals surface area contributed by atoms with Crippen LogP contribution in [0.5, 0.6) is 0 Å². The van der Waals surface area contributed by atoms with E-state index in [1.54, 1.807) is 41.9 Å². The standard InChI is InChI=1S/C19H15F2N5O/c1-11(25-27-2)16-5-6-18-23-10-12(26(18)24-16)8-14-15(20)9-17-13(19(14)21)4-3-7-22-17/h3-7,9-10H,8H2,1-2H3/b25-11+. The van der Waals surface area contributed by atoms with E-state index in [1.807, 2.05) is 0 Å². The minimum atomic E-state index is -0.651. The van der Waals surface area contributed by atoms with Crippen LogP contribution in [0.15, 0.2) is 47.9 Å². The Morgan fingerprint density at radius 3 is 2.89 bits per heavy atom. The van der Waals surface area contributed by atoms with Gasteiger partial charge in [-0.3, -0.25) is 4.98 Å². The maximum atomic E-state index is 14.9. The number of rotatable bonds is 4. The van der Waals surface area contributed by atoms with Crippen molar-refractivity contribution in [1.29, 1.82) is 0 Å². The lowest BCUT2D eigenvalue weighted by atomic mass is 10.0. The second kappa shape index (κ2) is 6.71. The summed E-state index contributed by atoms with van der Waals surface area (Å²) >= 11 is 0. The highest BCUT2D eigenvalue weighted by atomic mass is 19.1. The van der Waals surface area contributed by atoms with Gasteiger partial charge in [-0.1, -0.05) is 5.16 Å². The Morgan fingerprint density at radius 2 is 2.07 bits per heavy atom. The van der Waals surface area contributed by atoms with Crippen molar-refractivity contribution in [2.24, 2.45) is 5.16 Å². The molecule has 0 saturated heterocycles. The molecule has 0 fully saturated rings. The van der Waals surface area contributed by atoms with Gasteiger partial charge in [0.1, 0.15) is 30.1 Å². The first-order valence-electron chi connectivity index (χ1n) is 8.22. The van der Waals surface area contributed by atoms with Crippen molar-refractivity contribution >= 4 is 22.3 Å². The van der Waals surface area contributed by atoms with Crippen LogP contribution < -0.4 is 0 Å². The molecule has 27 heavy (non-hydrogen) atoms. The van der Waals surface area contributed by atoms with Crippen LogP contribution in [-0.4, -0.2) is 32.4 Å². The summed E-state index contributed by atoms with van der Waals surface area (Å²) in [5.74, 6) is -1.27. The zero-order valence-electron chi connectivity index (χ0n) is 14.6. The van der Waals surface area contributed by atoms with Crippen molar-refractivity contribution in [3.05, 3.63) is 71.3 Å². The molecule has 8 heteroatoms. The highest BCUT2D eigenvalue weighted by Gasteiger charge is 2.17. The van der Waals surface area contributed by atoms with E-state index in [1.165, 1.54) is 19.4 Å². The van der Waals surface area contributed by atoms with E-state index < -0.39 is 11.6 Å². The zero-order chi connectivity index (χ0) is 19.0. The van der Waals surface area contributed by atoms with E-state index >= 15 is 0 Å². The van der Waals surface area contributed by atoms with Crippen LogP contribution in [0.3, 0.4) is 0 Å². The van der Waals surface area contributed by atoms with E-state index in [9.17, 15) is 8.78 Å². The molecule has 0 unspecified atom stereocenters. The Bertz CT molecular complexity index is 1190. The van der Waals surface area contributed by atoms with Gasteiger partial charge >= 0.3 is 0 Å². The van der Waals surface area contributed by atoms with Crippen molar-refractivity contribution < 1.29 is 13.6 Å². The first kappa shape index (κ1) is 17.0. The van der Waals surface area contributed by atoms with Crippen molar-refractivity contribution in [1.82, 2.24) is 19.6 Å². The summed E-state index contributed by atoms with van der Waals surface area (Å²) < 4.78 is 30.9. The number of fused-ring (bicyclic) bond motifs is 2. The smallest absolute Gasteiger partial charge is 0.153 e. The minimum absolute atomic E-state index is 0.000585. The van der Waals surface area contributed by atoms with Crippen LogP contribution in [0.2, 0.25) is 0 Å². The summed E-state index contributed by atoms with van der Waals surface area (Å²) in [7, 11) is 1.45. The van der Waals surface area contributed by atoms with Crippen LogP contribution in [0.25, 0.3) is 16.6 Å². The summed E-state index contributed by atoms with van der Waals surface area (Å²) in [6.45, 7) is 1.75. The molecule has 0 amide bonds. The molecule has 0 N–H and O–H groups in total. The molecule has 0 atom stereocenters. The molecule has 0 saturated carbocycles. The lowest BCUT2D eigenvalue weighted by Crippen LogP contribution is -2.07. The average Bonchev–Trinajstić information content (AvgIpc) is 3.07. The molecule has 4 aromatic rings. The molecule has 0 bridgehead atoms. The van der Waals surface area contributed by atoms with Crippen molar-refractivity contribution in [3.8, 4) is 0 Å². The van der Waals surface area contributed by atoms with Crippen LogP contribution in [0.1, 0.15) is 23.9 Å². The average molecular weight is 367 g/mol. The third kappa shape index (κ3) is 2.99. The van der Waals surface area contributed by atoms with E-state index in [4.69, 9.17) is 4.84 Å². The number of benzene rings is 1. The van der Waals surface area contributed by atoms with Gasteiger partial charge in [-0.25, -0.2) is 18.3 Å². The van der Waals surface area contributed by atoms with Gasteiger partial charge in [-0.15, -0.1) is 0 Å². The third-order valence-electron chi connectivity index (χ3n) is 4.28. The Kier molecular flexibility index (Phi) is 4.23. The van der Waals surface area contributed by atoms with Crippen LogP contribution in [0, 0.1) is 11.6 Å². The summed E-state index contributed by atoms with van der Waals surface area (Å²) in [5, 5.41) is 8.59. The van der Waals surface area contributed by atoms with Crippen LogP contribution in [0.4, 0.5) is 8.78 Å². The summed E-state index contributed by atoms with van der Waals surface area (Å²) in [4.78, 5) is 13.0. The van der Waals surface area contributed by atoms with Gasteiger partial charge < -0.3 is 4.84 Å². The predicted octanol–water partition coefficient (Wildman–Crippen LogP) is 3.52. The van der Waals surface area contributed by atoms with E-state index in [0.717, 1.165) is 0 Å². The number of halogens is 2. The Balaban J connectivity index is 1.81. The molecule has 0 aliphatic rings. The molecule has 3 aromatic heterocycles. The molecular formula is C19H15F2N5O. The summed E-state index contributed by atoms with van der Waals surface area (Å²) in [6, 6.07) is 7.96. The number of nitrogens with zero attached hydrogens (tertiary/aromatic N) is 5. The first-order chi connectivity index (χ1) is 13.1. The van der Waals surface area contributed by atoms with Gasteiger partial charge in [0.25, 0.3) is 0 Å². The molecule has 0 spiro atoms. The summed E-state index contributed by atoms with van der Waals surface area (Å²) in [6.07, 6.45) is 3.06. The largest absolute Gasteiger partial charge is 0.399 e. The van der Waals surface area contributed by atoms with E-state index in [-0.39, 0.29) is 22.9 Å². The maximum absolute atomic E-state index is 14.9. The molecule has 4 rings (SSSR count). The molecule has 0 aliphatic heterocycles. The Hall–Kier alpha value is -3.42. The highest BCUT2D eigenvalue weighted by Crippen LogP contribution is 2.25. The molecule has 0 radical (unpaired) electrons. The van der Waals surface area contributed by atoms with Gasteiger partial charge in [0.15, 0.2) is 5.65 Å². The molecular weight excluding hydrogens is 352 g/mol. The van der Waals surface area contributed by atoms with Gasteiger partial charge in [0.2, 0.25) is 0 Å². The van der Waals surface area contributed by atoms with Crippen molar-refractivity contribution in [3.63, 3.8) is 0 Å². The normalized spacial score (nSPS) is 12.1. The second-order valence-electron chi connectivity index (χ2n) is 6.00. The Labute approximate surface area is 153 Å².